The van der Waals surface area contributed by atoms with Crippen molar-refractivity contribution in [2.75, 3.05) is 18.6 Å². The van der Waals surface area contributed by atoms with Crippen LogP contribution in [-0.2, 0) is 4.79 Å². The number of methoxy groups -OCH3 is 1. The highest BCUT2D eigenvalue weighted by atomic mass is 32.1. The van der Waals surface area contributed by atoms with Gasteiger partial charge in [-0.15, -0.1) is 11.3 Å². The molecule has 6 rings (SSSR count). The number of rotatable bonds is 8. The third-order valence-corrected chi connectivity index (χ3v) is 10.4. The SMILES string of the molecule is COc1ccc(C2CCC(CN(C(=O)C3CCCCC3)c3cncc(-c4cnc(C5CC5)s4)c3)CC2)cc1C. The number of anilines is 1. The first-order valence-corrected chi connectivity index (χ1v) is 15.8. The Hall–Kier alpha value is -2.73. The molecule has 0 bridgehead atoms. The minimum atomic E-state index is 0.144. The van der Waals surface area contributed by atoms with Crippen LogP contribution >= 0.6 is 11.3 Å². The van der Waals surface area contributed by atoms with Crippen LogP contribution in [0.3, 0.4) is 0 Å². The van der Waals surface area contributed by atoms with Crippen molar-refractivity contribution in [3.8, 4) is 16.2 Å². The number of pyridine rings is 1. The third-order valence-electron chi connectivity index (χ3n) is 9.17. The monoisotopic (exact) mass is 543 g/mol. The normalized spacial score (nSPS) is 22.0. The highest BCUT2D eigenvalue weighted by Gasteiger charge is 2.32. The molecule has 3 saturated carbocycles. The van der Waals surface area contributed by atoms with Crippen molar-refractivity contribution in [3.63, 3.8) is 0 Å². The van der Waals surface area contributed by atoms with Crippen molar-refractivity contribution in [1.82, 2.24) is 9.97 Å². The van der Waals surface area contributed by atoms with Crippen LogP contribution in [0.2, 0.25) is 0 Å². The molecule has 3 fully saturated rings. The number of benzene rings is 1. The molecule has 0 atom stereocenters. The Morgan fingerprint density at radius 2 is 1.72 bits per heavy atom. The first-order chi connectivity index (χ1) is 19.1. The van der Waals surface area contributed by atoms with Crippen molar-refractivity contribution in [2.24, 2.45) is 11.8 Å². The van der Waals surface area contributed by atoms with Crippen molar-refractivity contribution >= 4 is 22.9 Å². The number of carbonyl (C=O) groups excluding carboxylic acids is 1. The van der Waals surface area contributed by atoms with Crippen molar-refractivity contribution in [3.05, 3.63) is 59.0 Å². The van der Waals surface area contributed by atoms with Crippen LogP contribution < -0.4 is 9.64 Å². The summed E-state index contributed by atoms with van der Waals surface area (Å²) in [6.07, 6.45) is 18.6. The molecule has 0 spiro atoms. The summed E-state index contributed by atoms with van der Waals surface area (Å²) in [6, 6.07) is 8.83. The Morgan fingerprint density at radius 1 is 0.949 bits per heavy atom. The van der Waals surface area contributed by atoms with E-state index in [1.807, 2.05) is 18.6 Å². The number of thiazole rings is 1. The van der Waals surface area contributed by atoms with E-state index in [9.17, 15) is 4.79 Å². The molecule has 3 aliphatic rings. The number of ether oxygens (including phenoxy) is 1. The zero-order chi connectivity index (χ0) is 26.8. The van der Waals surface area contributed by atoms with Crippen LogP contribution in [0.15, 0.2) is 42.9 Å². The molecular formula is C33H41N3O2S. The summed E-state index contributed by atoms with van der Waals surface area (Å²) in [4.78, 5) is 26.6. The first-order valence-electron chi connectivity index (χ1n) is 15.0. The fraction of sp³-hybridized carbons (Fsp3) is 0.545. The van der Waals surface area contributed by atoms with E-state index >= 15 is 0 Å². The quantitative estimate of drug-likeness (QED) is 0.287. The summed E-state index contributed by atoms with van der Waals surface area (Å²) in [7, 11) is 1.74. The van der Waals surface area contributed by atoms with Crippen LogP contribution in [0, 0.1) is 18.8 Å². The first kappa shape index (κ1) is 26.5. The number of nitrogens with zero attached hydrogens (tertiary/aromatic N) is 3. The molecule has 0 radical (unpaired) electrons. The van der Waals surface area contributed by atoms with Gasteiger partial charge in [-0.2, -0.15) is 0 Å². The molecule has 5 nitrogen and oxygen atoms in total. The summed E-state index contributed by atoms with van der Waals surface area (Å²) < 4.78 is 5.47. The van der Waals surface area contributed by atoms with E-state index in [2.05, 4.69) is 46.1 Å². The summed E-state index contributed by atoms with van der Waals surface area (Å²) in [5.41, 5.74) is 4.67. The minimum absolute atomic E-state index is 0.144. The molecule has 0 saturated heterocycles. The third kappa shape index (κ3) is 6.06. The molecule has 6 heteroatoms. The second-order valence-electron chi connectivity index (χ2n) is 12.0. The Labute approximate surface area is 237 Å². The molecule has 1 aromatic carbocycles. The van der Waals surface area contributed by atoms with E-state index in [1.54, 1.807) is 18.4 Å². The van der Waals surface area contributed by atoms with E-state index < -0.39 is 0 Å². The largest absolute Gasteiger partial charge is 0.496 e. The Balaban J connectivity index is 1.19. The zero-order valence-electron chi connectivity index (χ0n) is 23.4. The smallest absolute Gasteiger partial charge is 0.230 e. The van der Waals surface area contributed by atoms with Crippen LogP contribution in [0.1, 0.15) is 98.6 Å². The summed E-state index contributed by atoms with van der Waals surface area (Å²) in [5.74, 6) is 3.17. The highest BCUT2D eigenvalue weighted by molar-refractivity contribution is 7.15. The van der Waals surface area contributed by atoms with Crippen molar-refractivity contribution in [1.29, 1.82) is 0 Å². The van der Waals surface area contributed by atoms with Gasteiger partial charge in [-0.05, 0) is 93.4 Å². The van der Waals surface area contributed by atoms with E-state index in [-0.39, 0.29) is 5.92 Å². The van der Waals surface area contributed by atoms with Gasteiger partial charge in [0.05, 0.1) is 28.9 Å². The van der Waals surface area contributed by atoms with Gasteiger partial charge in [-0.25, -0.2) is 4.98 Å². The van der Waals surface area contributed by atoms with Gasteiger partial charge in [0.25, 0.3) is 0 Å². The summed E-state index contributed by atoms with van der Waals surface area (Å²) in [5, 5.41) is 1.24. The zero-order valence-corrected chi connectivity index (χ0v) is 24.2. The highest BCUT2D eigenvalue weighted by Crippen LogP contribution is 2.44. The number of carbonyl (C=O) groups is 1. The maximum Gasteiger partial charge on any atom is 0.230 e. The lowest BCUT2D eigenvalue weighted by atomic mass is 9.78. The van der Waals surface area contributed by atoms with Crippen LogP contribution in [0.25, 0.3) is 10.4 Å². The van der Waals surface area contributed by atoms with Crippen LogP contribution in [-0.4, -0.2) is 29.5 Å². The molecular weight excluding hydrogens is 502 g/mol. The average molecular weight is 544 g/mol. The molecule has 206 valence electrons. The maximum atomic E-state index is 14.0. The molecule has 2 aromatic heterocycles. The molecule has 0 unspecified atom stereocenters. The van der Waals surface area contributed by atoms with Crippen molar-refractivity contribution in [2.45, 2.75) is 89.4 Å². The van der Waals surface area contributed by atoms with Crippen LogP contribution in [0.4, 0.5) is 5.69 Å². The second kappa shape index (κ2) is 11.8. The lowest BCUT2D eigenvalue weighted by Gasteiger charge is -2.35. The Kier molecular flexibility index (Phi) is 8.01. The number of hydrogen-bond acceptors (Lipinski definition) is 5. The lowest BCUT2D eigenvalue weighted by Crippen LogP contribution is -2.41. The van der Waals surface area contributed by atoms with Gasteiger partial charge >= 0.3 is 0 Å². The molecule has 3 aliphatic carbocycles. The van der Waals surface area contributed by atoms with E-state index in [1.165, 1.54) is 61.1 Å². The molecule has 0 aliphatic heterocycles. The predicted molar refractivity (Wildman–Crippen MR) is 159 cm³/mol. The standard InChI is InChI=1S/C33H41N3O2S/c1-22-16-27(14-15-30(22)38-2)24-10-8-23(9-11-24)21-36(33(37)26-6-4-3-5-7-26)29-17-28(18-34-19-29)31-20-35-32(39-31)25-12-13-25/h14-20,23-26H,3-13,21H2,1-2H3. The van der Waals surface area contributed by atoms with Crippen molar-refractivity contribution < 1.29 is 9.53 Å². The number of aromatic nitrogens is 2. The van der Waals surface area contributed by atoms with Gasteiger partial charge in [0.2, 0.25) is 5.91 Å². The molecule has 3 aromatic rings. The van der Waals surface area contributed by atoms with Crippen LogP contribution in [0.5, 0.6) is 5.75 Å². The Morgan fingerprint density at radius 3 is 2.44 bits per heavy atom. The van der Waals surface area contributed by atoms with Gasteiger partial charge in [-0.3, -0.25) is 9.78 Å². The van der Waals surface area contributed by atoms with Gasteiger partial charge < -0.3 is 9.64 Å². The van der Waals surface area contributed by atoms with Gasteiger partial charge in [0, 0.05) is 36.3 Å². The van der Waals surface area contributed by atoms with Gasteiger partial charge in [0.1, 0.15) is 5.75 Å². The summed E-state index contributed by atoms with van der Waals surface area (Å²) >= 11 is 1.79. The molecule has 2 heterocycles. The van der Waals surface area contributed by atoms with E-state index in [4.69, 9.17) is 4.74 Å². The van der Waals surface area contributed by atoms with Gasteiger partial charge in [-0.1, -0.05) is 31.4 Å². The average Bonchev–Trinajstić information content (AvgIpc) is 3.72. The topological polar surface area (TPSA) is 55.3 Å². The molecule has 0 N–H and O–H groups in total. The second-order valence-corrected chi connectivity index (χ2v) is 13.1. The fourth-order valence-electron chi connectivity index (χ4n) is 6.63. The maximum absolute atomic E-state index is 14.0. The minimum Gasteiger partial charge on any atom is -0.496 e. The molecule has 1 amide bonds. The number of hydrogen-bond donors (Lipinski definition) is 0. The lowest BCUT2D eigenvalue weighted by molar-refractivity contribution is -0.123. The van der Waals surface area contributed by atoms with E-state index in [0.717, 1.165) is 54.1 Å². The van der Waals surface area contributed by atoms with Gasteiger partial charge in [0.15, 0.2) is 0 Å². The van der Waals surface area contributed by atoms with E-state index in [0.29, 0.717) is 23.7 Å². The molecule has 39 heavy (non-hydrogen) atoms. The fourth-order valence-corrected chi connectivity index (χ4v) is 7.70. The summed E-state index contributed by atoms with van der Waals surface area (Å²) in [6.45, 7) is 2.93. The Bertz CT molecular complexity index is 1290. The predicted octanol–water partition coefficient (Wildman–Crippen LogP) is 8.29. The number of aryl methyl sites for hydroxylation is 1. The number of amides is 1.